The largest absolute Gasteiger partial charge is 0.371 e. The fraction of sp³-hybridized carbons (Fsp3) is 0.235. The number of rotatable bonds is 4. The number of hydrogen-bond acceptors (Lipinski definition) is 3. The van der Waals surface area contributed by atoms with Gasteiger partial charge in [0.2, 0.25) is 0 Å². The smallest absolute Gasteiger partial charge is 0.0561 e. The minimum Gasteiger partial charge on any atom is -0.371 e. The highest BCUT2D eigenvalue weighted by Gasteiger charge is 2.16. The van der Waals surface area contributed by atoms with E-state index in [9.17, 15) is 0 Å². The van der Waals surface area contributed by atoms with Crippen molar-refractivity contribution in [3.63, 3.8) is 0 Å². The van der Waals surface area contributed by atoms with Crippen LogP contribution in [0, 0.1) is 0 Å². The van der Waals surface area contributed by atoms with Gasteiger partial charge in [0.1, 0.15) is 0 Å². The summed E-state index contributed by atoms with van der Waals surface area (Å²) in [6.07, 6.45) is 3.01. The first-order valence-corrected chi connectivity index (χ1v) is 7.09. The van der Waals surface area contributed by atoms with Gasteiger partial charge >= 0.3 is 0 Å². The Labute approximate surface area is 119 Å². The maximum absolute atomic E-state index is 4.29. The molecule has 102 valence electrons. The molecule has 1 aliphatic rings. The highest BCUT2D eigenvalue weighted by molar-refractivity contribution is 5.82. The van der Waals surface area contributed by atoms with Crippen LogP contribution in [0.2, 0.25) is 0 Å². The molecule has 0 amide bonds. The van der Waals surface area contributed by atoms with Crippen molar-refractivity contribution < 1.29 is 0 Å². The van der Waals surface area contributed by atoms with Gasteiger partial charge in [0.05, 0.1) is 11.9 Å². The summed E-state index contributed by atoms with van der Waals surface area (Å²) >= 11 is 0. The Kier molecular flexibility index (Phi) is 3.68. The maximum Gasteiger partial charge on any atom is 0.0561 e. The van der Waals surface area contributed by atoms with Crippen molar-refractivity contribution in [3.8, 4) is 0 Å². The Morgan fingerprint density at radius 3 is 2.85 bits per heavy atom. The SMILES string of the molecule is CCN1CCc2cc(C=NNc3ccccc3)ccc21. The zero-order valence-electron chi connectivity index (χ0n) is 11.7. The number of anilines is 2. The molecule has 0 saturated heterocycles. The summed E-state index contributed by atoms with van der Waals surface area (Å²) in [5.74, 6) is 0. The number of para-hydroxylation sites is 1. The van der Waals surface area contributed by atoms with Crippen LogP contribution in [0.15, 0.2) is 53.6 Å². The predicted molar refractivity (Wildman–Crippen MR) is 85.7 cm³/mol. The molecule has 3 nitrogen and oxygen atoms in total. The zero-order chi connectivity index (χ0) is 13.8. The first-order chi connectivity index (χ1) is 9.86. The van der Waals surface area contributed by atoms with Gasteiger partial charge in [-0.15, -0.1) is 0 Å². The Morgan fingerprint density at radius 2 is 2.05 bits per heavy atom. The molecule has 1 N–H and O–H groups in total. The molecule has 2 aromatic carbocycles. The van der Waals surface area contributed by atoms with E-state index in [1.54, 1.807) is 0 Å². The molecule has 1 aliphatic heterocycles. The van der Waals surface area contributed by atoms with Crippen LogP contribution in [0.5, 0.6) is 0 Å². The molecule has 1 heterocycles. The van der Waals surface area contributed by atoms with E-state index < -0.39 is 0 Å². The van der Waals surface area contributed by atoms with E-state index in [-0.39, 0.29) is 0 Å². The van der Waals surface area contributed by atoms with Crippen LogP contribution in [0.3, 0.4) is 0 Å². The number of fused-ring (bicyclic) bond motifs is 1. The van der Waals surface area contributed by atoms with E-state index in [2.05, 4.69) is 40.5 Å². The molecular weight excluding hydrogens is 246 g/mol. The molecule has 0 aromatic heterocycles. The monoisotopic (exact) mass is 265 g/mol. The van der Waals surface area contributed by atoms with Crippen LogP contribution < -0.4 is 10.3 Å². The van der Waals surface area contributed by atoms with Crippen molar-refractivity contribution in [3.05, 3.63) is 59.7 Å². The zero-order valence-corrected chi connectivity index (χ0v) is 11.7. The molecule has 0 bridgehead atoms. The van der Waals surface area contributed by atoms with Crippen molar-refractivity contribution in [2.24, 2.45) is 5.10 Å². The van der Waals surface area contributed by atoms with Gasteiger partial charge in [-0.05, 0) is 48.7 Å². The van der Waals surface area contributed by atoms with Gasteiger partial charge in [0, 0.05) is 18.8 Å². The molecule has 0 radical (unpaired) electrons. The van der Waals surface area contributed by atoms with Gasteiger partial charge in [-0.1, -0.05) is 24.3 Å². The third-order valence-electron chi connectivity index (χ3n) is 3.66. The van der Waals surface area contributed by atoms with Gasteiger partial charge in [-0.2, -0.15) is 5.10 Å². The number of likely N-dealkylation sites (N-methyl/N-ethyl adjacent to an activating group) is 1. The standard InChI is InChI=1S/C17H19N3/c1-2-20-11-10-15-12-14(8-9-17(15)20)13-18-19-16-6-4-3-5-7-16/h3-9,12-13,19H,2,10-11H2,1H3. The van der Waals surface area contributed by atoms with Crippen molar-refractivity contribution in [2.75, 3.05) is 23.4 Å². The van der Waals surface area contributed by atoms with Gasteiger partial charge in [0.15, 0.2) is 0 Å². The molecule has 3 heteroatoms. The summed E-state index contributed by atoms with van der Waals surface area (Å²) in [5.41, 5.74) is 7.99. The average Bonchev–Trinajstić information content (AvgIpc) is 2.90. The molecular formula is C17H19N3. The summed E-state index contributed by atoms with van der Waals surface area (Å²) in [5, 5.41) is 4.29. The van der Waals surface area contributed by atoms with Gasteiger partial charge in [-0.3, -0.25) is 5.43 Å². The van der Waals surface area contributed by atoms with Crippen LogP contribution in [-0.4, -0.2) is 19.3 Å². The first kappa shape index (κ1) is 12.7. The third kappa shape index (κ3) is 2.67. The fourth-order valence-corrected chi connectivity index (χ4v) is 2.59. The van der Waals surface area contributed by atoms with E-state index in [0.29, 0.717) is 0 Å². The molecule has 0 unspecified atom stereocenters. The molecule has 0 spiro atoms. The average molecular weight is 265 g/mol. The van der Waals surface area contributed by atoms with Crippen LogP contribution in [0.25, 0.3) is 0 Å². The van der Waals surface area contributed by atoms with Gasteiger partial charge in [-0.25, -0.2) is 0 Å². The fourth-order valence-electron chi connectivity index (χ4n) is 2.59. The van der Waals surface area contributed by atoms with E-state index in [1.807, 2.05) is 36.5 Å². The second-order valence-electron chi connectivity index (χ2n) is 4.95. The predicted octanol–water partition coefficient (Wildman–Crippen LogP) is 3.52. The summed E-state index contributed by atoms with van der Waals surface area (Å²) in [6, 6.07) is 16.5. The Morgan fingerprint density at radius 1 is 1.20 bits per heavy atom. The van der Waals surface area contributed by atoms with Crippen molar-refractivity contribution in [2.45, 2.75) is 13.3 Å². The first-order valence-electron chi connectivity index (χ1n) is 7.09. The molecule has 3 rings (SSSR count). The minimum absolute atomic E-state index is 1.00. The second-order valence-corrected chi connectivity index (χ2v) is 4.95. The van der Waals surface area contributed by atoms with Crippen LogP contribution in [0.4, 0.5) is 11.4 Å². The lowest BCUT2D eigenvalue weighted by Crippen LogP contribution is -2.18. The molecule has 0 fully saturated rings. The van der Waals surface area contributed by atoms with Crippen LogP contribution in [0.1, 0.15) is 18.1 Å². The van der Waals surface area contributed by atoms with E-state index in [1.165, 1.54) is 11.3 Å². The molecule has 0 aliphatic carbocycles. The van der Waals surface area contributed by atoms with Crippen molar-refractivity contribution in [1.82, 2.24) is 0 Å². The van der Waals surface area contributed by atoms with Crippen LogP contribution in [-0.2, 0) is 6.42 Å². The Bertz CT molecular complexity index is 605. The molecule has 0 atom stereocenters. The normalized spacial score (nSPS) is 13.8. The number of nitrogens with one attached hydrogen (secondary N) is 1. The van der Waals surface area contributed by atoms with Gasteiger partial charge in [0.25, 0.3) is 0 Å². The third-order valence-corrected chi connectivity index (χ3v) is 3.66. The van der Waals surface area contributed by atoms with Crippen molar-refractivity contribution in [1.29, 1.82) is 0 Å². The van der Waals surface area contributed by atoms with E-state index >= 15 is 0 Å². The van der Waals surface area contributed by atoms with E-state index in [4.69, 9.17) is 0 Å². The number of benzene rings is 2. The number of hydrazone groups is 1. The minimum atomic E-state index is 1.00. The summed E-state index contributed by atoms with van der Waals surface area (Å²) in [4.78, 5) is 2.42. The lowest BCUT2D eigenvalue weighted by molar-refractivity contribution is 0.868. The summed E-state index contributed by atoms with van der Waals surface area (Å²) in [6.45, 7) is 4.42. The second kappa shape index (κ2) is 5.78. The summed E-state index contributed by atoms with van der Waals surface area (Å²) < 4.78 is 0. The Hall–Kier alpha value is -2.29. The lowest BCUT2D eigenvalue weighted by atomic mass is 10.1. The lowest BCUT2D eigenvalue weighted by Gasteiger charge is -2.16. The van der Waals surface area contributed by atoms with E-state index in [0.717, 1.165) is 30.8 Å². The number of hydrogen-bond donors (Lipinski definition) is 1. The van der Waals surface area contributed by atoms with Gasteiger partial charge < -0.3 is 4.90 Å². The highest BCUT2D eigenvalue weighted by atomic mass is 15.3. The molecule has 2 aromatic rings. The highest BCUT2D eigenvalue weighted by Crippen LogP contribution is 2.27. The Balaban J connectivity index is 1.70. The van der Waals surface area contributed by atoms with Crippen molar-refractivity contribution >= 4 is 17.6 Å². The quantitative estimate of drug-likeness (QED) is 0.676. The summed E-state index contributed by atoms with van der Waals surface area (Å²) in [7, 11) is 0. The number of nitrogens with zero attached hydrogens (tertiary/aromatic N) is 2. The molecule has 0 saturated carbocycles. The maximum atomic E-state index is 4.29. The molecule has 20 heavy (non-hydrogen) atoms. The van der Waals surface area contributed by atoms with Crippen LogP contribution >= 0.6 is 0 Å². The topological polar surface area (TPSA) is 27.6 Å².